The quantitative estimate of drug-likeness (QED) is 0.0230. The van der Waals surface area contributed by atoms with Crippen LogP contribution in [-0.2, 0) is 58.3 Å². The molecule has 726 valence electrons. The van der Waals surface area contributed by atoms with Gasteiger partial charge in [0, 0.05) is 93.1 Å². The first-order valence-corrected chi connectivity index (χ1v) is 46.3. The van der Waals surface area contributed by atoms with E-state index in [-0.39, 0.29) is 117 Å². The fourth-order valence-corrected chi connectivity index (χ4v) is 14.8. The lowest BCUT2D eigenvalue weighted by Gasteiger charge is -2.32. The van der Waals surface area contributed by atoms with Crippen LogP contribution >= 0.6 is 63.7 Å². The summed E-state index contributed by atoms with van der Waals surface area (Å²) >= 11 is 13.0. The second kappa shape index (κ2) is 50.4. The van der Waals surface area contributed by atoms with Gasteiger partial charge in [-0.3, -0.25) is 28.8 Å². The van der Waals surface area contributed by atoms with Gasteiger partial charge >= 0.3 is 26.2 Å². The van der Waals surface area contributed by atoms with Crippen LogP contribution in [0.25, 0.3) is 60.4 Å². The number of amides is 4. The SMILES string of the molecule is CN(C)C(=O)c1ccc(-c2cccc(-c3cc4cc(CO)cc(CO)c4c(=O)[nH]3)n2)cc1.CN(C)C(=O)c1ccc(B2OC(C)(C)C(C)(C)O2)cc1.CN(C)C(=O)c1ccc(B2OC(C)(C)C(C)(C)O2)cc1.CN(C)C(=O)c1ccc(Br)cc1.Cc1cc(CO)cc(CO)c1C(=O)O.O=C(O)c1ccc(Br)cc1.O=c1[nH]c(-c2cccc(Br)n2)cc2cc(CO)cc(CO)c12.[C-]#[N+]c1cccc(Br)n1. The predicted molar refractivity (Wildman–Crippen MR) is 552 cm³/mol. The lowest BCUT2D eigenvalue weighted by atomic mass is 9.79. The zero-order valence-electron chi connectivity index (χ0n) is 79.8. The number of aliphatic hydroxyl groups excluding tert-OH is 6. The molecule has 139 heavy (non-hydrogen) atoms. The largest absolute Gasteiger partial charge is 0.494 e. The molecule has 8 aromatic carbocycles. The molecule has 0 radical (unpaired) electrons. The van der Waals surface area contributed by atoms with E-state index in [1.165, 1.54) is 11.0 Å². The second-order valence-electron chi connectivity index (χ2n) is 34.5. The van der Waals surface area contributed by atoms with Crippen LogP contribution in [0.15, 0.2) is 252 Å². The van der Waals surface area contributed by atoms with E-state index < -0.39 is 11.9 Å². The van der Waals surface area contributed by atoms with Gasteiger partial charge in [0.15, 0.2) is 4.60 Å². The molecule has 15 rings (SSSR count). The highest BCUT2D eigenvalue weighted by Crippen LogP contribution is 2.39. The zero-order valence-corrected chi connectivity index (χ0v) is 86.2. The van der Waals surface area contributed by atoms with Gasteiger partial charge in [-0.05, 0) is 300 Å². The number of carboxylic acids is 2. The first kappa shape index (κ1) is 112. The Labute approximate surface area is 840 Å². The van der Waals surface area contributed by atoms with Gasteiger partial charge in [0.2, 0.25) is 0 Å². The van der Waals surface area contributed by atoms with Crippen molar-refractivity contribution in [3.8, 4) is 34.0 Å². The Bertz CT molecular complexity index is 6550. The Morgan fingerprint density at radius 2 is 0.698 bits per heavy atom. The Morgan fingerprint density at radius 3 is 1.02 bits per heavy atom. The molecule has 7 heterocycles. The maximum atomic E-state index is 12.8. The van der Waals surface area contributed by atoms with Gasteiger partial charge in [-0.25, -0.2) is 19.6 Å². The number of H-pyrrole nitrogens is 2. The van der Waals surface area contributed by atoms with Crippen molar-refractivity contribution in [2.24, 2.45) is 0 Å². The summed E-state index contributed by atoms with van der Waals surface area (Å²) in [4.78, 5) is 121. The smallest absolute Gasteiger partial charge is 0.478 e. The number of carbonyl (C=O) groups is 6. The number of aryl methyl sites for hydroxylation is 1. The minimum atomic E-state index is -1.06. The molecule has 30 nitrogen and oxygen atoms in total. The molecule has 10 N–H and O–H groups in total. The summed E-state index contributed by atoms with van der Waals surface area (Å²) < 4.78 is 27.2. The Kier molecular flexibility index (Phi) is 40.6. The molecular weight excluding hydrogens is 2040 g/mol. The average Bonchev–Trinajstić information content (AvgIpc) is 1.70. The first-order valence-electron chi connectivity index (χ1n) is 43.2. The maximum absolute atomic E-state index is 12.8. The molecule has 0 unspecified atom stereocenters. The molecule has 0 spiro atoms. The highest BCUT2D eigenvalue weighted by atomic mass is 79.9. The van der Waals surface area contributed by atoms with Crippen LogP contribution in [0.1, 0.15) is 156 Å². The summed E-state index contributed by atoms with van der Waals surface area (Å²) in [6.45, 7) is 23.0. The van der Waals surface area contributed by atoms with E-state index in [0.717, 1.165) is 25.4 Å². The van der Waals surface area contributed by atoms with E-state index in [4.69, 9.17) is 50.6 Å². The van der Waals surface area contributed by atoms with E-state index in [2.05, 4.69) is 88.5 Å². The third-order valence-corrected chi connectivity index (χ3v) is 24.3. The fraction of sp³-hybridized carbons (Fsp3) is 0.262. The molecule has 36 heteroatoms. The molecule has 2 aliphatic heterocycles. The molecule has 0 atom stereocenters. The number of aromatic carboxylic acids is 2. The molecule has 2 fully saturated rings. The number of halogens is 4. The molecular formula is C103H110B2Br4N10O20. The minimum absolute atomic E-state index is 0.00883. The van der Waals surface area contributed by atoms with Crippen molar-refractivity contribution >= 4 is 152 Å². The van der Waals surface area contributed by atoms with Gasteiger partial charge in [0.25, 0.3) is 40.6 Å². The van der Waals surface area contributed by atoms with Crippen LogP contribution in [0.5, 0.6) is 0 Å². The maximum Gasteiger partial charge on any atom is 0.494 e. The fourth-order valence-electron chi connectivity index (χ4n) is 13.6. The number of hydrogen-bond donors (Lipinski definition) is 10. The van der Waals surface area contributed by atoms with E-state index in [9.17, 15) is 58.8 Å². The number of pyridine rings is 5. The number of aliphatic hydroxyl groups is 6. The van der Waals surface area contributed by atoms with Gasteiger partial charge in [0.05, 0.1) is 112 Å². The van der Waals surface area contributed by atoms with Crippen LogP contribution in [0.2, 0.25) is 0 Å². The highest BCUT2D eigenvalue weighted by Gasteiger charge is 2.53. The molecule has 0 saturated carbocycles. The lowest BCUT2D eigenvalue weighted by molar-refractivity contribution is 0.00578. The molecule has 4 amide bonds. The van der Waals surface area contributed by atoms with Crippen molar-refractivity contribution in [1.82, 2.24) is 44.5 Å². The first-order chi connectivity index (χ1) is 65.5. The number of nitrogens with zero attached hydrogens (tertiary/aromatic N) is 8. The normalized spacial score (nSPS) is 13.1. The number of rotatable bonds is 17. The highest BCUT2D eigenvalue weighted by molar-refractivity contribution is 9.11. The van der Waals surface area contributed by atoms with Gasteiger partial charge < -0.3 is 93.9 Å². The number of aromatic nitrogens is 5. The van der Waals surface area contributed by atoms with Crippen LogP contribution in [0.4, 0.5) is 5.82 Å². The van der Waals surface area contributed by atoms with Crippen molar-refractivity contribution in [2.45, 2.75) is 124 Å². The van der Waals surface area contributed by atoms with E-state index in [1.807, 2.05) is 146 Å². The van der Waals surface area contributed by atoms with Crippen LogP contribution in [-0.4, -0.2) is 214 Å². The second-order valence-corrected chi connectivity index (χ2v) is 37.9. The van der Waals surface area contributed by atoms with Gasteiger partial charge in [-0.15, -0.1) is 4.98 Å². The summed E-state index contributed by atoms with van der Waals surface area (Å²) in [5.74, 6) is -1.59. The summed E-state index contributed by atoms with van der Waals surface area (Å²) in [6.07, 6.45) is 0. The van der Waals surface area contributed by atoms with Crippen LogP contribution < -0.4 is 22.0 Å². The number of hydrogen-bond acceptors (Lipinski definition) is 21. The molecule has 2 saturated heterocycles. The number of aromatic amines is 2. The number of benzene rings is 8. The van der Waals surface area contributed by atoms with Crippen molar-refractivity contribution < 1.29 is 88.2 Å². The number of carbonyl (C=O) groups excluding carboxylic acids is 4. The lowest BCUT2D eigenvalue weighted by Crippen LogP contribution is -2.41. The molecule has 13 aromatic rings. The molecule has 0 aliphatic carbocycles. The molecule has 0 bridgehead atoms. The standard InChI is InChI=1S/C25H23N3O4.C16H13BrN2O3.2C15H22BNO3.C10H12O4.C9H10BrNO.C7H5BrO2.C6H3BrN2/c1-28(2)25(32)17-8-6-16(7-9-17)20-4-3-5-21(26-20)22-12-18-10-15(13-29)11-19(14-30)23(18)24(31)27-22;17-14-3-1-2-12(18-14)13-6-10-4-9(7-20)5-11(8-21)15(10)16(22)19-13;2*1-14(2)15(3,4)20-16(19-14)12-9-7-11(8-10-12)13(18)17(5)6;1-6-2-7(4-11)3-8(5-12)9(6)10(13)14;1-11(2)9(12)7-3-5-8(10)6-4-7;8-6-3-1-5(2-4-6)7(9)10;1-8-6-4-2-3-5(7)9-6/h3-12,29-30H,13-14H2,1-2H3,(H,27,31);1-6,20-21H,7-8H2,(H,19,22);2*7-10H,1-6H3;2-3,11-12H,4-5H2,1H3,(H,13,14);3-6H,1-2H3;1-4H,(H,9,10);2-4H. The summed E-state index contributed by atoms with van der Waals surface area (Å²) in [5.41, 5.74) is 10.5. The number of nitrogens with one attached hydrogen (secondary N) is 2. The van der Waals surface area contributed by atoms with Crippen molar-refractivity contribution in [3.05, 3.63) is 347 Å². The number of carboxylic acid groups (broad SMARTS) is 2. The van der Waals surface area contributed by atoms with E-state index in [1.54, 1.807) is 205 Å². The number of fused-ring (bicyclic) bond motifs is 2. The summed E-state index contributed by atoms with van der Waals surface area (Å²) in [5, 5.41) is 75.2. The van der Waals surface area contributed by atoms with Crippen molar-refractivity contribution in [3.63, 3.8) is 0 Å². The van der Waals surface area contributed by atoms with Gasteiger partial charge in [-0.2, -0.15) is 0 Å². The topological polar surface area (TPSA) is 423 Å². The third-order valence-electron chi connectivity index (χ3n) is 22.4. The summed E-state index contributed by atoms with van der Waals surface area (Å²) in [6, 6.07) is 65.4. The predicted octanol–water partition coefficient (Wildman–Crippen LogP) is 16.0. The van der Waals surface area contributed by atoms with Gasteiger partial charge in [0.1, 0.15) is 4.60 Å². The Balaban J connectivity index is 0.000000201. The minimum Gasteiger partial charge on any atom is -0.478 e. The van der Waals surface area contributed by atoms with Gasteiger partial charge in [-0.1, -0.05) is 117 Å². The van der Waals surface area contributed by atoms with Crippen molar-refractivity contribution in [2.75, 3.05) is 56.4 Å². The zero-order chi connectivity index (χ0) is 103. The molecule has 2 aliphatic rings. The van der Waals surface area contributed by atoms with Crippen LogP contribution in [0.3, 0.4) is 0 Å². The van der Waals surface area contributed by atoms with E-state index in [0.29, 0.717) is 132 Å². The average molecular weight is 2150 g/mol. The molecule has 5 aromatic heterocycles. The third kappa shape index (κ3) is 30.3. The summed E-state index contributed by atoms with van der Waals surface area (Å²) in [7, 11) is 13.1. The van der Waals surface area contributed by atoms with E-state index >= 15 is 0 Å². The monoisotopic (exact) mass is 2140 g/mol. The Morgan fingerprint density at radius 1 is 0.381 bits per heavy atom. The van der Waals surface area contributed by atoms with Crippen LogP contribution in [0, 0.1) is 13.5 Å². The Hall–Kier alpha value is -12.4. The van der Waals surface area contributed by atoms with Crippen molar-refractivity contribution in [1.29, 1.82) is 0 Å².